The normalized spacial score (nSPS) is 12.0. The highest BCUT2D eigenvalue weighted by Gasteiger charge is 2.39. The van der Waals surface area contributed by atoms with Gasteiger partial charge in [-0.1, -0.05) is 60.9 Å². The lowest BCUT2D eigenvalue weighted by molar-refractivity contribution is 0.0706. The van der Waals surface area contributed by atoms with Gasteiger partial charge in [0.15, 0.2) is 0 Å². The molecule has 0 aromatic carbocycles. The summed E-state index contributed by atoms with van der Waals surface area (Å²) in [5, 5.41) is 1.15. The van der Waals surface area contributed by atoms with Gasteiger partial charge in [0.2, 0.25) is 0 Å². The highest BCUT2D eigenvalue weighted by Crippen LogP contribution is 2.20. The summed E-state index contributed by atoms with van der Waals surface area (Å²) in [7, 11) is -2.39. The van der Waals surface area contributed by atoms with E-state index in [1.165, 1.54) is 51.4 Å². The van der Waals surface area contributed by atoms with Gasteiger partial charge < -0.3 is 13.3 Å². The highest BCUT2D eigenvalue weighted by atomic mass is 79.9. The topological polar surface area (TPSA) is 27.7 Å². The first-order valence-corrected chi connectivity index (χ1v) is 12.3. The fourth-order valence-electron chi connectivity index (χ4n) is 2.67. The van der Waals surface area contributed by atoms with Gasteiger partial charge in [0.1, 0.15) is 0 Å². The van der Waals surface area contributed by atoms with Crippen molar-refractivity contribution < 1.29 is 13.3 Å². The number of hydrogen-bond acceptors (Lipinski definition) is 3. The van der Waals surface area contributed by atoms with E-state index in [1.807, 2.05) is 20.8 Å². The Kier molecular flexibility index (Phi) is 16.9. The van der Waals surface area contributed by atoms with Crippen LogP contribution in [0.5, 0.6) is 0 Å². The fourth-order valence-corrected chi connectivity index (χ4v) is 5.76. The van der Waals surface area contributed by atoms with Crippen molar-refractivity contribution in [2.24, 2.45) is 0 Å². The maximum atomic E-state index is 5.88. The van der Waals surface area contributed by atoms with E-state index in [4.69, 9.17) is 13.3 Å². The molecule has 0 saturated heterocycles. The standard InChI is InChI=1S/C17H37BrO3Si/c1-4-19-22(20-5-2,21-6-3)17-15-13-11-9-7-8-10-12-14-16-18/h4-17H2,1-3H3. The Morgan fingerprint density at radius 2 is 0.955 bits per heavy atom. The van der Waals surface area contributed by atoms with Crippen molar-refractivity contribution in [1.82, 2.24) is 0 Å². The molecule has 22 heavy (non-hydrogen) atoms. The van der Waals surface area contributed by atoms with Crippen LogP contribution in [0.2, 0.25) is 6.04 Å². The Hall–Kier alpha value is 0.577. The van der Waals surface area contributed by atoms with Gasteiger partial charge >= 0.3 is 8.80 Å². The van der Waals surface area contributed by atoms with Crippen LogP contribution in [0.3, 0.4) is 0 Å². The summed E-state index contributed by atoms with van der Waals surface area (Å²) in [6.07, 6.45) is 12.0. The Morgan fingerprint density at radius 3 is 1.32 bits per heavy atom. The van der Waals surface area contributed by atoms with Gasteiger partial charge in [-0.3, -0.25) is 0 Å². The van der Waals surface area contributed by atoms with Gasteiger partial charge in [0.05, 0.1) is 0 Å². The zero-order valence-corrected chi connectivity index (χ0v) is 17.6. The van der Waals surface area contributed by atoms with Crippen molar-refractivity contribution in [2.45, 2.75) is 84.6 Å². The summed E-state index contributed by atoms with van der Waals surface area (Å²) >= 11 is 3.48. The Balaban J connectivity index is 3.70. The molecule has 0 N–H and O–H groups in total. The highest BCUT2D eigenvalue weighted by molar-refractivity contribution is 9.09. The molecule has 0 spiro atoms. The molecule has 0 rings (SSSR count). The SMILES string of the molecule is CCO[Si](CCCCCCCCCCCBr)(OCC)OCC. The van der Waals surface area contributed by atoms with Gasteiger partial charge in [-0.2, -0.15) is 0 Å². The lowest BCUT2D eigenvalue weighted by atomic mass is 10.1. The summed E-state index contributed by atoms with van der Waals surface area (Å²) in [4.78, 5) is 0. The van der Waals surface area contributed by atoms with E-state index < -0.39 is 8.80 Å². The summed E-state index contributed by atoms with van der Waals surface area (Å²) in [5.41, 5.74) is 0. The van der Waals surface area contributed by atoms with Crippen molar-refractivity contribution in [1.29, 1.82) is 0 Å². The Labute approximate surface area is 148 Å². The van der Waals surface area contributed by atoms with Crippen molar-refractivity contribution in [3.63, 3.8) is 0 Å². The summed E-state index contributed by atoms with van der Waals surface area (Å²) in [6.45, 7) is 8.11. The Bertz CT molecular complexity index is 213. The van der Waals surface area contributed by atoms with E-state index in [1.54, 1.807) is 0 Å². The van der Waals surface area contributed by atoms with E-state index in [2.05, 4.69) is 15.9 Å². The smallest absolute Gasteiger partial charge is 0.374 e. The molecule has 0 amide bonds. The van der Waals surface area contributed by atoms with Gasteiger partial charge in [-0.15, -0.1) is 0 Å². The minimum Gasteiger partial charge on any atom is -0.374 e. The van der Waals surface area contributed by atoms with Gasteiger partial charge in [0, 0.05) is 31.2 Å². The number of rotatable bonds is 17. The molecule has 0 aromatic rings. The molecule has 0 aliphatic carbocycles. The molecule has 0 saturated carbocycles. The van der Waals surface area contributed by atoms with Crippen molar-refractivity contribution >= 4 is 24.7 Å². The zero-order chi connectivity index (χ0) is 16.5. The van der Waals surface area contributed by atoms with Crippen LogP contribution in [-0.4, -0.2) is 34.0 Å². The predicted molar refractivity (Wildman–Crippen MR) is 101 cm³/mol. The van der Waals surface area contributed by atoms with Crippen molar-refractivity contribution in [3.05, 3.63) is 0 Å². The van der Waals surface area contributed by atoms with E-state index >= 15 is 0 Å². The lowest BCUT2D eigenvalue weighted by Gasteiger charge is -2.28. The van der Waals surface area contributed by atoms with Crippen LogP contribution in [-0.2, 0) is 13.3 Å². The average Bonchev–Trinajstić information content (AvgIpc) is 2.50. The monoisotopic (exact) mass is 396 g/mol. The van der Waals surface area contributed by atoms with Crippen LogP contribution in [0, 0.1) is 0 Å². The molecule has 0 fully saturated rings. The van der Waals surface area contributed by atoms with E-state index in [-0.39, 0.29) is 0 Å². The molecule has 0 aliphatic heterocycles. The molecule has 134 valence electrons. The third-order valence-electron chi connectivity index (χ3n) is 3.71. The average molecular weight is 397 g/mol. The first-order chi connectivity index (χ1) is 10.7. The lowest BCUT2D eigenvalue weighted by Crippen LogP contribution is -2.45. The van der Waals surface area contributed by atoms with Crippen molar-refractivity contribution in [2.75, 3.05) is 25.2 Å². The van der Waals surface area contributed by atoms with Gasteiger partial charge in [-0.25, -0.2) is 0 Å². The second kappa shape index (κ2) is 16.4. The molecule has 0 atom stereocenters. The van der Waals surface area contributed by atoms with Crippen LogP contribution < -0.4 is 0 Å². The van der Waals surface area contributed by atoms with E-state index in [0.717, 1.165) is 17.8 Å². The van der Waals surface area contributed by atoms with Gasteiger partial charge in [-0.05, 0) is 33.6 Å². The van der Waals surface area contributed by atoms with Crippen LogP contribution >= 0.6 is 15.9 Å². The third kappa shape index (κ3) is 12.1. The molecule has 5 heteroatoms. The number of unbranched alkanes of at least 4 members (excludes halogenated alkanes) is 8. The number of hydrogen-bond donors (Lipinski definition) is 0. The maximum absolute atomic E-state index is 5.88. The minimum atomic E-state index is -2.39. The second-order valence-corrected chi connectivity index (χ2v) is 9.13. The molecular formula is C17H37BrO3Si. The summed E-state index contributed by atoms with van der Waals surface area (Å²) in [6, 6.07) is 0.966. The third-order valence-corrected chi connectivity index (χ3v) is 7.42. The van der Waals surface area contributed by atoms with Crippen LogP contribution in [0.15, 0.2) is 0 Å². The molecule has 0 aromatic heterocycles. The first kappa shape index (κ1) is 22.6. The molecule has 0 radical (unpaired) electrons. The van der Waals surface area contributed by atoms with Gasteiger partial charge in [0.25, 0.3) is 0 Å². The van der Waals surface area contributed by atoms with E-state index in [0.29, 0.717) is 19.8 Å². The summed E-state index contributed by atoms with van der Waals surface area (Å²) < 4.78 is 17.7. The van der Waals surface area contributed by atoms with Crippen molar-refractivity contribution in [3.8, 4) is 0 Å². The zero-order valence-electron chi connectivity index (χ0n) is 15.0. The number of halogens is 1. The Morgan fingerprint density at radius 1 is 0.591 bits per heavy atom. The van der Waals surface area contributed by atoms with Crippen LogP contribution in [0.25, 0.3) is 0 Å². The molecular weight excluding hydrogens is 360 g/mol. The first-order valence-electron chi connectivity index (χ1n) is 9.22. The fraction of sp³-hybridized carbons (Fsp3) is 1.00. The van der Waals surface area contributed by atoms with Crippen LogP contribution in [0.1, 0.15) is 78.6 Å². The number of alkyl halides is 1. The maximum Gasteiger partial charge on any atom is 0.500 e. The largest absolute Gasteiger partial charge is 0.500 e. The second-order valence-electron chi connectivity index (χ2n) is 5.60. The predicted octanol–water partition coefficient (Wildman–Crippen LogP) is 5.94. The minimum absolute atomic E-state index is 0.681. The molecule has 0 aliphatic rings. The quantitative estimate of drug-likeness (QED) is 0.173. The molecule has 0 unspecified atom stereocenters. The molecule has 0 bridgehead atoms. The van der Waals surface area contributed by atoms with E-state index in [9.17, 15) is 0 Å². The molecule has 3 nitrogen and oxygen atoms in total. The summed E-state index contributed by atoms with van der Waals surface area (Å²) in [5.74, 6) is 0. The van der Waals surface area contributed by atoms with Crippen LogP contribution in [0.4, 0.5) is 0 Å². The molecule has 0 heterocycles.